The number of carbonyl (C=O) groups is 5. The van der Waals surface area contributed by atoms with Gasteiger partial charge in [0.25, 0.3) is 0 Å². The van der Waals surface area contributed by atoms with E-state index in [1.807, 2.05) is 5.32 Å². The zero-order chi connectivity index (χ0) is 23.6. The Balaban J connectivity index is 5.46. The number of thiol groups is 1. The number of hydrogen-bond donors (Lipinski definition) is 8. The van der Waals surface area contributed by atoms with Crippen molar-refractivity contribution < 1.29 is 39.3 Å². The minimum absolute atomic E-state index is 0.0412. The molecule has 0 aliphatic heterocycles. The lowest BCUT2D eigenvalue weighted by molar-refractivity contribution is -0.148. The molecule has 6 atom stereocenters. The van der Waals surface area contributed by atoms with E-state index in [0.717, 1.165) is 0 Å². The molecule has 0 radical (unpaired) electrons. The first-order valence-electron chi connectivity index (χ1n) is 9.25. The van der Waals surface area contributed by atoms with Crippen molar-refractivity contribution in [3.8, 4) is 0 Å². The van der Waals surface area contributed by atoms with Gasteiger partial charge in [0, 0.05) is 5.75 Å². The Bertz CT molecular complexity index is 645. The smallest absolute Gasteiger partial charge is 0.326 e. The van der Waals surface area contributed by atoms with Gasteiger partial charge in [-0.05, 0) is 12.8 Å². The summed E-state index contributed by atoms with van der Waals surface area (Å²) in [7, 11) is 0. The van der Waals surface area contributed by atoms with Gasteiger partial charge in [0.05, 0.1) is 18.6 Å². The van der Waals surface area contributed by atoms with E-state index in [0.29, 0.717) is 6.42 Å². The van der Waals surface area contributed by atoms with Crippen molar-refractivity contribution >= 4 is 42.3 Å². The molecule has 0 saturated heterocycles. The Kier molecular flexibility index (Phi) is 12.0. The molecule has 0 aliphatic carbocycles. The number of nitrogens with two attached hydrogens (primary N) is 1. The number of nitrogens with one attached hydrogen (secondary N) is 3. The maximum absolute atomic E-state index is 12.7. The van der Waals surface area contributed by atoms with Crippen LogP contribution in [-0.2, 0) is 24.0 Å². The third-order valence-corrected chi connectivity index (χ3v) is 4.78. The Morgan fingerprint density at radius 1 is 0.933 bits per heavy atom. The third kappa shape index (κ3) is 8.97. The Morgan fingerprint density at radius 3 is 1.83 bits per heavy atom. The number of hydrogen-bond acceptors (Lipinski definition) is 8. The molecule has 172 valence electrons. The number of carboxylic acid groups (broad SMARTS) is 2. The molecule has 6 unspecified atom stereocenters. The molecule has 0 fully saturated rings. The van der Waals surface area contributed by atoms with Gasteiger partial charge in [-0.15, -0.1) is 0 Å². The molecule has 0 aromatic carbocycles. The highest BCUT2D eigenvalue weighted by Gasteiger charge is 2.34. The summed E-state index contributed by atoms with van der Waals surface area (Å²) < 4.78 is 0. The first-order valence-corrected chi connectivity index (χ1v) is 9.89. The second kappa shape index (κ2) is 13.0. The van der Waals surface area contributed by atoms with Crippen LogP contribution in [0.1, 0.15) is 33.6 Å². The van der Waals surface area contributed by atoms with Crippen LogP contribution in [0.5, 0.6) is 0 Å². The van der Waals surface area contributed by atoms with Crippen LogP contribution in [0, 0.1) is 5.92 Å². The van der Waals surface area contributed by atoms with Gasteiger partial charge >= 0.3 is 11.9 Å². The summed E-state index contributed by atoms with van der Waals surface area (Å²) in [4.78, 5) is 59.1. The summed E-state index contributed by atoms with van der Waals surface area (Å²) in [6.45, 7) is 4.64. The molecule has 0 aromatic rings. The van der Waals surface area contributed by atoms with E-state index in [9.17, 15) is 29.1 Å². The summed E-state index contributed by atoms with van der Waals surface area (Å²) >= 11 is 3.92. The number of aliphatic carboxylic acids is 2. The Hall–Kier alpha value is -2.38. The lowest BCUT2D eigenvalue weighted by Crippen LogP contribution is -2.61. The van der Waals surface area contributed by atoms with E-state index < -0.39 is 66.4 Å². The van der Waals surface area contributed by atoms with Crippen LogP contribution in [0.4, 0.5) is 0 Å². The van der Waals surface area contributed by atoms with E-state index in [1.165, 1.54) is 6.92 Å². The number of aliphatic hydroxyl groups is 1. The summed E-state index contributed by atoms with van der Waals surface area (Å²) in [5, 5.41) is 34.4. The van der Waals surface area contributed by atoms with Gasteiger partial charge in [-0.2, -0.15) is 12.6 Å². The van der Waals surface area contributed by atoms with Gasteiger partial charge < -0.3 is 37.0 Å². The van der Waals surface area contributed by atoms with E-state index in [4.69, 9.17) is 15.9 Å². The second-order valence-corrected chi connectivity index (χ2v) is 7.25. The highest BCUT2D eigenvalue weighted by atomic mass is 32.1. The predicted molar refractivity (Wildman–Crippen MR) is 109 cm³/mol. The normalized spacial score (nSPS) is 16.9. The van der Waals surface area contributed by atoms with E-state index in [2.05, 4.69) is 23.3 Å². The number of rotatable bonds is 13. The van der Waals surface area contributed by atoms with Gasteiger partial charge in [0.15, 0.2) is 0 Å². The number of aliphatic hydroxyl groups excluding tert-OH is 1. The topological polar surface area (TPSA) is 208 Å². The number of carbonyl (C=O) groups excluding carboxylic acids is 3. The summed E-state index contributed by atoms with van der Waals surface area (Å²) in [6, 6.07) is -5.39. The Labute approximate surface area is 179 Å². The summed E-state index contributed by atoms with van der Waals surface area (Å²) in [5.41, 5.74) is 5.60. The predicted octanol–water partition coefficient (Wildman–Crippen LogP) is -2.32. The first kappa shape index (κ1) is 27.6. The van der Waals surface area contributed by atoms with Crippen molar-refractivity contribution in [1.82, 2.24) is 16.0 Å². The summed E-state index contributed by atoms with van der Waals surface area (Å²) in [5.74, 6) is -5.89. The maximum atomic E-state index is 12.7. The monoisotopic (exact) mass is 450 g/mol. The van der Waals surface area contributed by atoms with E-state index in [1.54, 1.807) is 13.8 Å². The molecule has 13 heteroatoms. The molecule has 8 N–H and O–H groups in total. The molecule has 0 spiro atoms. The minimum Gasteiger partial charge on any atom is -0.481 e. The highest BCUT2D eigenvalue weighted by Crippen LogP contribution is 2.10. The lowest BCUT2D eigenvalue weighted by atomic mass is 9.97. The average molecular weight is 451 g/mol. The van der Waals surface area contributed by atoms with Gasteiger partial charge in [-0.1, -0.05) is 20.3 Å². The molecule has 0 rings (SSSR count). The van der Waals surface area contributed by atoms with E-state index >= 15 is 0 Å². The molecule has 0 aromatic heterocycles. The van der Waals surface area contributed by atoms with Gasteiger partial charge in [-0.3, -0.25) is 19.2 Å². The van der Waals surface area contributed by atoms with Gasteiger partial charge in [-0.25, -0.2) is 4.79 Å². The van der Waals surface area contributed by atoms with E-state index in [-0.39, 0.29) is 11.7 Å². The molecule has 3 amide bonds. The molecule has 30 heavy (non-hydrogen) atoms. The van der Waals surface area contributed by atoms with Crippen molar-refractivity contribution in [3.05, 3.63) is 0 Å². The van der Waals surface area contributed by atoms with Crippen LogP contribution in [0.15, 0.2) is 0 Å². The average Bonchev–Trinajstić information content (AvgIpc) is 2.66. The van der Waals surface area contributed by atoms with Gasteiger partial charge in [0.1, 0.15) is 18.1 Å². The molecular formula is C17H30N4O8S. The van der Waals surface area contributed by atoms with Crippen LogP contribution < -0.4 is 21.7 Å². The van der Waals surface area contributed by atoms with Crippen molar-refractivity contribution in [2.45, 2.75) is 63.9 Å². The van der Waals surface area contributed by atoms with Crippen LogP contribution >= 0.6 is 12.6 Å². The standard InChI is InChI=1S/C17H30N4O8S/c1-4-7(2)12(20-14(25)9(18)6-30)15(26)21-13(8(3)22)16(27)19-10(17(28)29)5-11(23)24/h7-10,12-13,22,30H,4-6,18H2,1-3H3,(H,19,27)(H,20,25)(H,21,26)(H,23,24)(H,28,29). The van der Waals surface area contributed by atoms with Crippen molar-refractivity contribution in [2.24, 2.45) is 11.7 Å². The Morgan fingerprint density at radius 2 is 1.43 bits per heavy atom. The van der Waals surface area contributed by atoms with Crippen LogP contribution in [0.2, 0.25) is 0 Å². The quantitative estimate of drug-likeness (QED) is 0.141. The number of amides is 3. The maximum Gasteiger partial charge on any atom is 0.326 e. The SMILES string of the molecule is CCC(C)C(NC(=O)C(N)CS)C(=O)NC(C(=O)NC(CC(=O)O)C(=O)O)C(C)O. The molecular weight excluding hydrogens is 420 g/mol. The highest BCUT2D eigenvalue weighted by molar-refractivity contribution is 7.80. The zero-order valence-electron chi connectivity index (χ0n) is 17.0. The second-order valence-electron chi connectivity index (χ2n) is 6.88. The van der Waals surface area contributed by atoms with Crippen molar-refractivity contribution in [2.75, 3.05) is 5.75 Å². The first-order chi connectivity index (χ1) is 13.8. The van der Waals surface area contributed by atoms with Crippen molar-refractivity contribution in [3.63, 3.8) is 0 Å². The largest absolute Gasteiger partial charge is 0.481 e. The molecule has 0 aliphatic rings. The fourth-order valence-electron chi connectivity index (χ4n) is 2.33. The summed E-state index contributed by atoms with van der Waals surface area (Å²) in [6.07, 6.45) is -1.85. The molecule has 12 nitrogen and oxygen atoms in total. The molecule has 0 saturated carbocycles. The van der Waals surface area contributed by atoms with Crippen LogP contribution in [0.25, 0.3) is 0 Å². The zero-order valence-corrected chi connectivity index (χ0v) is 17.9. The van der Waals surface area contributed by atoms with Crippen LogP contribution in [0.3, 0.4) is 0 Å². The van der Waals surface area contributed by atoms with Crippen LogP contribution in [-0.4, -0.2) is 81.0 Å². The fourth-order valence-corrected chi connectivity index (χ4v) is 2.50. The third-order valence-electron chi connectivity index (χ3n) is 4.38. The number of carboxylic acids is 2. The minimum atomic E-state index is -1.76. The lowest BCUT2D eigenvalue weighted by Gasteiger charge is -2.28. The molecule has 0 bridgehead atoms. The van der Waals surface area contributed by atoms with Gasteiger partial charge in [0.2, 0.25) is 17.7 Å². The molecule has 0 heterocycles. The van der Waals surface area contributed by atoms with Crippen molar-refractivity contribution in [1.29, 1.82) is 0 Å². The fraction of sp³-hybridized carbons (Fsp3) is 0.706.